The van der Waals surface area contributed by atoms with Crippen LogP contribution in [0.4, 0.5) is 11.4 Å². The van der Waals surface area contributed by atoms with Crippen LogP contribution in [-0.2, 0) is 22.6 Å². The van der Waals surface area contributed by atoms with Gasteiger partial charge in [-0.15, -0.1) is 0 Å². The average Bonchev–Trinajstić information content (AvgIpc) is 2.82. The zero-order valence-electron chi connectivity index (χ0n) is 17.7. The summed E-state index contributed by atoms with van der Waals surface area (Å²) >= 11 is 0. The van der Waals surface area contributed by atoms with E-state index in [1.807, 2.05) is 48.5 Å². The van der Waals surface area contributed by atoms with Crippen molar-refractivity contribution in [2.75, 3.05) is 17.2 Å². The molecule has 0 saturated carbocycles. The number of hydrogen-bond acceptors (Lipinski definition) is 5. The molecule has 2 heterocycles. The van der Waals surface area contributed by atoms with E-state index in [-0.39, 0.29) is 11.8 Å². The minimum atomic E-state index is -0.0958. The van der Waals surface area contributed by atoms with Crippen LogP contribution in [-0.4, -0.2) is 23.4 Å². The number of aryl methyl sites for hydroxylation is 1. The van der Waals surface area contributed by atoms with E-state index in [4.69, 9.17) is 9.47 Å². The van der Waals surface area contributed by atoms with E-state index in [0.717, 1.165) is 22.6 Å². The van der Waals surface area contributed by atoms with Crippen LogP contribution in [0.15, 0.2) is 66.9 Å². The molecule has 2 N–H and O–H groups in total. The van der Waals surface area contributed by atoms with Gasteiger partial charge in [-0.1, -0.05) is 30.3 Å². The second-order valence-electron chi connectivity index (χ2n) is 7.53. The summed E-state index contributed by atoms with van der Waals surface area (Å²) < 4.78 is 11.4. The normalized spacial score (nSPS) is 12.4. The molecule has 1 aliphatic rings. The topological polar surface area (TPSA) is 89.6 Å². The highest BCUT2D eigenvalue weighted by atomic mass is 16.5. The van der Waals surface area contributed by atoms with E-state index in [1.165, 1.54) is 0 Å². The first-order valence-electron chi connectivity index (χ1n) is 10.6. The first-order chi connectivity index (χ1) is 15.7. The van der Waals surface area contributed by atoms with Crippen molar-refractivity contribution in [1.82, 2.24) is 4.98 Å². The number of rotatable bonds is 9. The molecule has 32 heavy (non-hydrogen) atoms. The van der Waals surface area contributed by atoms with Gasteiger partial charge in [0, 0.05) is 24.6 Å². The van der Waals surface area contributed by atoms with Crippen molar-refractivity contribution in [2.45, 2.75) is 32.3 Å². The smallest absolute Gasteiger partial charge is 0.224 e. The quantitative estimate of drug-likeness (QED) is 0.492. The number of hydrogen-bond donors (Lipinski definition) is 2. The van der Waals surface area contributed by atoms with Gasteiger partial charge in [-0.05, 0) is 48.2 Å². The van der Waals surface area contributed by atoms with Gasteiger partial charge in [0.15, 0.2) is 0 Å². The minimum Gasteiger partial charge on any atom is -0.494 e. The van der Waals surface area contributed by atoms with Crippen molar-refractivity contribution in [2.24, 2.45) is 0 Å². The molecule has 0 atom stereocenters. The molecule has 0 fully saturated rings. The number of amides is 2. The van der Waals surface area contributed by atoms with E-state index >= 15 is 0 Å². The van der Waals surface area contributed by atoms with Crippen LogP contribution < -0.4 is 20.1 Å². The summed E-state index contributed by atoms with van der Waals surface area (Å²) in [7, 11) is 0. The van der Waals surface area contributed by atoms with Crippen molar-refractivity contribution < 1.29 is 19.1 Å². The van der Waals surface area contributed by atoms with Crippen molar-refractivity contribution in [1.29, 1.82) is 0 Å². The Bertz CT molecular complexity index is 1070. The van der Waals surface area contributed by atoms with Gasteiger partial charge in [0.05, 0.1) is 18.5 Å². The lowest BCUT2D eigenvalue weighted by atomic mass is 10.0. The molecule has 3 aromatic rings. The van der Waals surface area contributed by atoms with Crippen LogP contribution in [0.25, 0.3) is 0 Å². The van der Waals surface area contributed by atoms with Gasteiger partial charge in [-0.3, -0.25) is 9.59 Å². The third kappa shape index (κ3) is 6.07. The highest BCUT2D eigenvalue weighted by Crippen LogP contribution is 2.26. The van der Waals surface area contributed by atoms with Crippen LogP contribution >= 0.6 is 0 Å². The molecule has 2 aromatic carbocycles. The fourth-order valence-electron chi connectivity index (χ4n) is 3.37. The third-order valence-corrected chi connectivity index (χ3v) is 5.04. The van der Waals surface area contributed by atoms with E-state index < -0.39 is 0 Å². The van der Waals surface area contributed by atoms with Gasteiger partial charge in [-0.2, -0.15) is 0 Å². The molecule has 2 amide bonds. The lowest BCUT2D eigenvalue weighted by Gasteiger charge is -2.17. The molecule has 7 heteroatoms. The summed E-state index contributed by atoms with van der Waals surface area (Å²) in [6.45, 7) is 0.876. The Morgan fingerprint density at radius 1 is 1.03 bits per heavy atom. The highest BCUT2D eigenvalue weighted by Gasteiger charge is 2.15. The van der Waals surface area contributed by atoms with Crippen LogP contribution in [0.2, 0.25) is 0 Å². The van der Waals surface area contributed by atoms with Gasteiger partial charge in [0.25, 0.3) is 0 Å². The predicted molar refractivity (Wildman–Crippen MR) is 122 cm³/mol. The Morgan fingerprint density at radius 3 is 2.72 bits per heavy atom. The zero-order chi connectivity index (χ0) is 22.2. The first-order valence-corrected chi connectivity index (χ1v) is 10.6. The number of benzene rings is 2. The van der Waals surface area contributed by atoms with Gasteiger partial charge in [0.2, 0.25) is 17.7 Å². The largest absolute Gasteiger partial charge is 0.494 e. The van der Waals surface area contributed by atoms with Crippen LogP contribution in [0.1, 0.15) is 30.4 Å². The number of carbonyl (C=O) groups excluding carboxylic acids is 2. The number of pyridine rings is 1. The second kappa shape index (κ2) is 10.4. The highest BCUT2D eigenvalue weighted by molar-refractivity contribution is 5.94. The monoisotopic (exact) mass is 431 g/mol. The van der Waals surface area contributed by atoms with E-state index in [0.29, 0.717) is 50.5 Å². The molecule has 0 aliphatic carbocycles. The summed E-state index contributed by atoms with van der Waals surface area (Å²) in [4.78, 5) is 27.8. The number of fused-ring (bicyclic) bond motifs is 1. The fraction of sp³-hybridized carbons (Fsp3) is 0.240. The van der Waals surface area contributed by atoms with E-state index in [1.54, 1.807) is 18.3 Å². The first kappa shape index (κ1) is 21.4. The molecule has 1 aromatic heterocycles. The number of carbonyl (C=O) groups is 2. The Labute approximate surface area is 186 Å². The maximum atomic E-state index is 12.2. The molecule has 1 aliphatic heterocycles. The number of anilines is 2. The van der Waals surface area contributed by atoms with Crippen LogP contribution in [0.5, 0.6) is 11.6 Å². The number of nitrogens with one attached hydrogen (secondary N) is 2. The molecule has 7 nitrogen and oxygen atoms in total. The Hall–Kier alpha value is -3.87. The van der Waals surface area contributed by atoms with Crippen LogP contribution in [0, 0.1) is 0 Å². The molecular formula is C25H25N3O4. The van der Waals surface area contributed by atoms with Gasteiger partial charge >= 0.3 is 0 Å². The minimum absolute atomic E-state index is 0.0433. The summed E-state index contributed by atoms with van der Waals surface area (Å²) in [5.41, 5.74) is 3.61. The molecule has 0 spiro atoms. The van der Waals surface area contributed by atoms with Gasteiger partial charge in [-0.25, -0.2) is 4.98 Å². The van der Waals surface area contributed by atoms with Crippen molar-refractivity contribution in [3.05, 3.63) is 78.0 Å². The SMILES string of the molecule is O=C(CCCOc1ccc2c(c1)CCC(=O)N2)Nc1ccc(OCc2ccccc2)nc1. The standard InChI is InChI=1S/C25H25N3O4/c29-23(7-4-14-31-21-10-11-22-19(15-21)8-12-24(30)28-22)27-20-9-13-25(26-16-20)32-17-18-5-2-1-3-6-18/h1-3,5-6,9-11,13,15-16H,4,7-8,12,14,17H2,(H,27,29)(H,28,30). The van der Waals surface area contributed by atoms with E-state index in [9.17, 15) is 9.59 Å². The lowest BCUT2D eigenvalue weighted by Crippen LogP contribution is -2.18. The Morgan fingerprint density at radius 2 is 1.91 bits per heavy atom. The molecule has 0 saturated heterocycles. The summed E-state index contributed by atoms with van der Waals surface area (Å²) in [5, 5.41) is 5.68. The third-order valence-electron chi connectivity index (χ3n) is 5.04. The van der Waals surface area contributed by atoms with E-state index in [2.05, 4.69) is 15.6 Å². The van der Waals surface area contributed by atoms with Crippen molar-refractivity contribution in [3.63, 3.8) is 0 Å². The molecule has 164 valence electrons. The number of nitrogens with zero attached hydrogens (tertiary/aromatic N) is 1. The Kier molecular flexibility index (Phi) is 6.97. The predicted octanol–water partition coefficient (Wildman–Crippen LogP) is 4.34. The maximum Gasteiger partial charge on any atom is 0.224 e. The molecule has 0 bridgehead atoms. The summed E-state index contributed by atoms with van der Waals surface area (Å²) in [6.07, 6.45) is 3.72. The molecule has 4 rings (SSSR count). The van der Waals surface area contributed by atoms with Crippen LogP contribution in [0.3, 0.4) is 0 Å². The molecule has 0 radical (unpaired) electrons. The van der Waals surface area contributed by atoms with Crippen molar-refractivity contribution >= 4 is 23.2 Å². The summed E-state index contributed by atoms with van der Waals surface area (Å²) in [6, 6.07) is 19.0. The molecular weight excluding hydrogens is 406 g/mol. The lowest BCUT2D eigenvalue weighted by molar-refractivity contribution is -0.117. The van der Waals surface area contributed by atoms with Crippen molar-refractivity contribution in [3.8, 4) is 11.6 Å². The Balaban J connectivity index is 1.16. The zero-order valence-corrected chi connectivity index (χ0v) is 17.7. The summed E-state index contributed by atoms with van der Waals surface area (Å²) in [5.74, 6) is 1.20. The van der Waals surface area contributed by atoms with Gasteiger partial charge in [0.1, 0.15) is 12.4 Å². The molecule has 0 unspecified atom stereocenters. The fourth-order valence-corrected chi connectivity index (χ4v) is 3.37. The number of aromatic nitrogens is 1. The van der Waals surface area contributed by atoms with Gasteiger partial charge < -0.3 is 20.1 Å². The average molecular weight is 431 g/mol. The number of ether oxygens (including phenoxy) is 2. The maximum absolute atomic E-state index is 12.2. The second-order valence-corrected chi connectivity index (χ2v) is 7.53.